The fourth-order valence-electron chi connectivity index (χ4n) is 2.89. The van der Waals surface area contributed by atoms with Crippen LogP contribution in [0.3, 0.4) is 0 Å². The number of aldehydes is 1. The molecule has 0 aliphatic heterocycles. The quantitative estimate of drug-likeness (QED) is 0.185. The molecule has 0 spiro atoms. The maximum Gasteiger partial charge on any atom is 0.416 e. The van der Waals surface area contributed by atoms with Crippen LogP contribution in [0.5, 0.6) is 11.5 Å². The smallest absolute Gasteiger partial charge is 0.416 e. The molecule has 4 N–H and O–H groups in total. The molecule has 0 amide bonds. The predicted molar refractivity (Wildman–Crippen MR) is 119 cm³/mol. The van der Waals surface area contributed by atoms with Crippen LogP contribution in [0.15, 0.2) is 47.4 Å². The SMILES string of the molecule is NCCOc1ccc(C(F)(F)F)cc1-c1cc(NSc2cc(C=O)cc(Cl)c2O)c(F)cc1F. The topological polar surface area (TPSA) is 84.6 Å². The zero-order valence-electron chi connectivity index (χ0n) is 17.1. The van der Waals surface area contributed by atoms with Crippen molar-refractivity contribution in [3.8, 4) is 22.6 Å². The number of ether oxygens (including phenoxy) is 1. The van der Waals surface area contributed by atoms with Gasteiger partial charge < -0.3 is 20.3 Å². The summed E-state index contributed by atoms with van der Waals surface area (Å²) in [6.45, 7) is 0.0109. The zero-order valence-corrected chi connectivity index (χ0v) is 18.6. The molecule has 180 valence electrons. The van der Waals surface area contributed by atoms with Gasteiger partial charge in [0, 0.05) is 29.3 Å². The Balaban J connectivity index is 2.04. The molecule has 0 aliphatic carbocycles. The van der Waals surface area contributed by atoms with Gasteiger partial charge in [0.05, 0.1) is 21.2 Å². The zero-order chi connectivity index (χ0) is 25.0. The van der Waals surface area contributed by atoms with Gasteiger partial charge >= 0.3 is 6.18 Å². The van der Waals surface area contributed by atoms with Crippen LogP contribution in [0.2, 0.25) is 5.02 Å². The van der Waals surface area contributed by atoms with E-state index in [2.05, 4.69) is 4.72 Å². The van der Waals surface area contributed by atoms with Crippen LogP contribution < -0.4 is 15.2 Å². The molecule has 5 nitrogen and oxygen atoms in total. The highest BCUT2D eigenvalue weighted by Crippen LogP contribution is 2.41. The highest BCUT2D eigenvalue weighted by molar-refractivity contribution is 8.00. The molecule has 3 rings (SSSR count). The second-order valence-electron chi connectivity index (χ2n) is 6.83. The number of nitrogens with one attached hydrogen (secondary N) is 1. The van der Waals surface area contributed by atoms with E-state index in [4.69, 9.17) is 22.1 Å². The molecule has 0 bridgehead atoms. The van der Waals surface area contributed by atoms with Gasteiger partial charge in [-0.25, -0.2) is 8.78 Å². The number of rotatable bonds is 8. The van der Waals surface area contributed by atoms with Gasteiger partial charge in [-0.1, -0.05) is 11.6 Å². The molecule has 0 saturated carbocycles. The number of aromatic hydroxyl groups is 1. The maximum atomic E-state index is 14.7. The lowest BCUT2D eigenvalue weighted by atomic mass is 10.00. The van der Waals surface area contributed by atoms with Crippen molar-refractivity contribution in [3.63, 3.8) is 0 Å². The summed E-state index contributed by atoms with van der Waals surface area (Å²) in [5, 5.41) is 9.95. The molecular weight excluding hydrogens is 503 g/mol. The number of phenolic OH excluding ortho intramolecular Hbond substituents is 1. The Labute approximate surface area is 199 Å². The molecule has 0 unspecified atom stereocenters. The van der Waals surface area contributed by atoms with Gasteiger partial charge in [-0.15, -0.1) is 0 Å². The average molecular weight is 519 g/mol. The lowest BCUT2D eigenvalue weighted by Crippen LogP contribution is -2.12. The number of nitrogens with two attached hydrogens (primary N) is 1. The summed E-state index contributed by atoms with van der Waals surface area (Å²) >= 11 is 6.52. The first-order valence-electron chi connectivity index (χ1n) is 9.49. The highest BCUT2D eigenvalue weighted by atomic mass is 35.5. The van der Waals surface area contributed by atoms with Gasteiger partial charge in [0.1, 0.15) is 36.0 Å². The van der Waals surface area contributed by atoms with Crippen LogP contribution >= 0.6 is 23.5 Å². The molecule has 0 aliphatic rings. The molecule has 0 saturated heterocycles. The molecule has 0 atom stereocenters. The van der Waals surface area contributed by atoms with Gasteiger partial charge in [0.25, 0.3) is 0 Å². The number of carbonyl (C=O) groups is 1. The first-order chi connectivity index (χ1) is 16.0. The first kappa shape index (κ1) is 25.6. The van der Waals surface area contributed by atoms with Crippen molar-refractivity contribution >= 4 is 35.5 Å². The van der Waals surface area contributed by atoms with Gasteiger partial charge in [-0.2, -0.15) is 13.2 Å². The van der Waals surface area contributed by atoms with E-state index >= 15 is 0 Å². The Morgan fingerprint density at radius 3 is 2.47 bits per heavy atom. The third kappa shape index (κ3) is 5.72. The van der Waals surface area contributed by atoms with Gasteiger partial charge in [0.15, 0.2) is 0 Å². The summed E-state index contributed by atoms with van der Waals surface area (Å²) in [4.78, 5) is 11.1. The van der Waals surface area contributed by atoms with Crippen LogP contribution in [0.1, 0.15) is 15.9 Å². The number of hydrogen-bond donors (Lipinski definition) is 3. The monoisotopic (exact) mass is 518 g/mol. The fourth-order valence-corrected chi connectivity index (χ4v) is 3.96. The van der Waals surface area contributed by atoms with E-state index in [9.17, 15) is 31.9 Å². The number of phenols is 1. The van der Waals surface area contributed by atoms with Crippen LogP contribution in [0.25, 0.3) is 11.1 Å². The Kier molecular flexibility index (Phi) is 7.90. The lowest BCUT2D eigenvalue weighted by molar-refractivity contribution is -0.137. The third-order valence-corrected chi connectivity index (χ3v) is 5.63. The second kappa shape index (κ2) is 10.5. The second-order valence-corrected chi connectivity index (χ2v) is 8.08. The Morgan fingerprint density at radius 1 is 1.09 bits per heavy atom. The average Bonchev–Trinajstić information content (AvgIpc) is 2.78. The minimum absolute atomic E-state index is 0.0464. The van der Waals surface area contributed by atoms with Crippen molar-refractivity contribution in [2.45, 2.75) is 11.1 Å². The predicted octanol–water partition coefficient (Wildman–Crippen LogP) is 6.28. The van der Waals surface area contributed by atoms with Crippen molar-refractivity contribution in [1.82, 2.24) is 0 Å². The summed E-state index contributed by atoms with van der Waals surface area (Å²) in [5.74, 6) is -2.64. The minimum Gasteiger partial charge on any atom is -0.505 e. The summed E-state index contributed by atoms with van der Waals surface area (Å²) < 4.78 is 76.8. The molecule has 0 heterocycles. The number of anilines is 1. The molecule has 12 heteroatoms. The van der Waals surface area contributed by atoms with Crippen LogP contribution in [0.4, 0.5) is 27.6 Å². The summed E-state index contributed by atoms with van der Waals surface area (Å²) in [5.41, 5.74) is 3.53. The van der Waals surface area contributed by atoms with Crippen LogP contribution in [-0.2, 0) is 6.18 Å². The van der Waals surface area contributed by atoms with E-state index in [1.807, 2.05) is 0 Å². The van der Waals surface area contributed by atoms with Crippen molar-refractivity contribution in [2.24, 2.45) is 5.73 Å². The van der Waals surface area contributed by atoms with E-state index < -0.39 is 23.4 Å². The molecule has 34 heavy (non-hydrogen) atoms. The Bertz CT molecular complexity index is 1220. The molecular formula is C22H16ClF5N2O3S. The Hall–Kier alpha value is -3.02. The molecule has 3 aromatic rings. The number of alkyl halides is 3. The van der Waals surface area contributed by atoms with E-state index in [1.165, 1.54) is 12.1 Å². The Morgan fingerprint density at radius 2 is 1.82 bits per heavy atom. The van der Waals surface area contributed by atoms with Crippen LogP contribution in [-0.4, -0.2) is 24.5 Å². The van der Waals surface area contributed by atoms with Crippen molar-refractivity contribution < 1.29 is 36.6 Å². The maximum absolute atomic E-state index is 14.7. The lowest BCUT2D eigenvalue weighted by Gasteiger charge is -2.16. The van der Waals surface area contributed by atoms with E-state index in [0.29, 0.717) is 30.4 Å². The molecule has 0 radical (unpaired) electrons. The normalized spacial score (nSPS) is 11.4. The van der Waals surface area contributed by atoms with Crippen molar-refractivity contribution in [3.05, 3.63) is 70.2 Å². The first-order valence-corrected chi connectivity index (χ1v) is 10.7. The summed E-state index contributed by atoms with van der Waals surface area (Å²) in [6.07, 6.45) is -4.22. The highest BCUT2D eigenvalue weighted by Gasteiger charge is 2.32. The largest absolute Gasteiger partial charge is 0.505 e. The standard InChI is InChI=1S/C22H16ClF5N2O3S/c23-15-5-11(10-31)6-20(21(15)32)34-30-18-8-13(16(24)9-17(18)25)14-7-12(22(26,27)28)1-2-19(14)33-4-3-29/h1-2,5-10,30,32H,3-4,29H2. The fraction of sp³-hybridized carbons (Fsp3) is 0.136. The van der Waals surface area contributed by atoms with Crippen LogP contribution in [0, 0.1) is 11.6 Å². The van der Waals surface area contributed by atoms with E-state index in [0.717, 1.165) is 18.2 Å². The molecule has 0 fully saturated rings. The summed E-state index contributed by atoms with van der Waals surface area (Å²) in [7, 11) is 0. The van der Waals surface area contributed by atoms with Gasteiger partial charge in [-0.05, 0) is 48.3 Å². The van der Waals surface area contributed by atoms with Gasteiger partial charge in [0.2, 0.25) is 0 Å². The molecule has 0 aromatic heterocycles. The van der Waals surface area contributed by atoms with Crippen molar-refractivity contribution in [2.75, 3.05) is 17.9 Å². The third-order valence-electron chi connectivity index (χ3n) is 4.49. The number of hydrogen-bond acceptors (Lipinski definition) is 6. The van der Waals surface area contributed by atoms with Gasteiger partial charge in [-0.3, -0.25) is 4.79 Å². The van der Waals surface area contributed by atoms with E-state index in [1.54, 1.807) is 0 Å². The van der Waals surface area contributed by atoms with E-state index in [-0.39, 0.29) is 56.9 Å². The summed E-state index contributed by atoms with van der Waals surface area (Å²) in [6, 6.07) is 6.46. The minimum atomic E-state index is -4.71. The number of halogens is 6. The number of carbonyl (C=O) groups excluding carboxylic acids is 1. The molecule has 3 aromatic carbocycles. The number of benzene rings is 3. The van der Waals surface area contributed by atoms with Crippen molar-refractivity contribution in [1.29, 1.82) is 0 Å².